The number of anilines is 1. The summed E-state index contributed by atoms with van der Waals surface area (Å²) in [6.07, 6.45) is 2.78. The molecule has 0 fully saturated rings. The van der Waals surface area contributed by atoms with Crippen molar-refractivity contribution in [2.45, 2.75) is 32.2 Å². The highest BCUT2D eigenvalue weighted by molar-refractivity contribution is 7.92. The van der Waals surface area contributed by atoms with Gasteiger partial charge < -0.3 is 10.1 Å². The molecule has 8 nitrogen and oxygen atoms in total. The third kappa shape index (κ3) is 5.94. The molecular weight excluding hydrogens is 432 g/mol. The zero-order valence-electron chi connectivity index (χ0n) is 18.0. The number of nitrogens with zero attached hydrogens (tertiary/aromatic N) is 1. The molecule has 32 heavy (non-hydrogen) atoms. The second-order valence-electron chi connectivity index (χ2n) is 7.78. The Labute approximate surface area is 187 Å². The first-order valence-electron chi connectivity index (χ1n) is 10.3. The molecule has 0 radical (unpaired) electrons. The minimum atomic E-state index is -3.40. The van der Waals surface area contributed by atoms with Crippen molar-refractivity contribution >= 4 is 33.4 Å². The molecule has 9 heteroatoms. The first-order chi connectivity index (χ1) is 15.1. The first-order valence-corrected chi connectivity index (χ1v) is 12.1. The average Bonchev–Trinajstić information content (AvgIpc) is 2.76. The van der Waals surface area contributed by atoms with E-state index < -0.39 is 34.5 Å². The van der Waals surface area contributed by atoms with Gasteiger partial charge in [-0.2, -0.15) is 0 Å². The van der Waals surface area contributed by atoms with Gasteiger partial charge in [-0.1, -0.05) is 30.3 Å². The fraction of sp³-hybridized carbons (Fsp3) is 0.348. The summed E-state index contributed by atoms with van der Waals surface area (Å²) in [6, 6.07) is 13.2. The summed E-state index contributed by atoms with van der Waals surface area (Å²) in [7, 11) is -3.40. The van der Waals surface area contributed by atoms with Crippen LogP contribution in [0.5, 0.6) is 0 Å². The summed E-state index contributed by atoms with van der Waals surface area (Å²) in [5.74, 6) is -1.46. The van der Waals surface area contributed by atoms with Crippen molar-refractivity contribution in [3.8, 4) is 0 Å². The molecule has 0 bridgehead atoms. The fourth-order valence-corrected chi connectivity index (χ4v) is 4.63. The Balaban J connectivity index is 1.60. The maximum Gasteiger partial charge on any atom is 0.338 e. The van der Waals surface area contributed by atoms with E-state index in [0.717, 1.165) is 17.4 Å². The van der Waals surface area contributed by atoms with E-state index in [4.69, 9.17) is 4.74 Å². The van der Waals surface area contributed by atoms with Crippen molar-refractivity contribution in [3.05, 3.63) is 65.2 Å². The Morgan fingerprint density at radius 2 is 1.84 bits per heavy atom. The number of nitrogens with one attached hydrogen (secondary N) is 1. The molecule has 1 atom stereocenters. The van der Waals surface area contributed by atoms with Gasteiger partial charge in [-0.3, -0.25) is 13.9 Å². The Kier molecular flexibility index (Phi) is 7.29. The highest BCUT2D eigenvalue weighted by Gasteiger charge is 2.25. The largest absolute Gasteiger partial charge is 0.452 e. The molecule has 0 saturated carbocycles. The van der Waals surface area contributed by atoms with Crippen molar-refractivity contribution in [1.29, 1.82) is 0 Å². The predicted octanol–water partition coefficient (Wildman–Crippen LogP) is 1.87. The summed E-state index contributed by atoms with van der Waals surface area (Å²) < 4.78 is 30.4. The zero-order valence-corrected chi connectivity index (χ0v) is 18.9. The lowest BCUT2D eigenvalue weighted by molar-refractivity contribution is -0.128. The normalized spacial score (nSPS) is 14.2. The molecule has 1 aliphatic heterocycles. The van der Waals surface area contributed by atoms with Crippen LogP contribution >= 0.6 is 0 Å². The number of sulfonamides is 1. The summed E-state index contributed by atoms with van der Waals surface area (Å²) >= 11 is 0. The second-order valence-corrected chi connectivity index (χ2v) is 9.69. The minimum absolute atomic E-state index is 0.196. The number of carbonyl (C=O) groups excluding carboxylic acids is 3. The van der Waals surface area contributed by atoms with Crippen LogP contribution in [0.3, 0.4) is 0 Å². The standard InChI is InChI=1S/C23H26N2O6S/c1-16(26)20(13-17-7-4-3-5-8-17)24-22(27)15-31-23(28)19-10-11-21-18(14-19)9-6-12-25(21)32(2,29)30/h3-5,7-8,10-11,14,20H,6,9,12-13,15H2,1-2H3,(H,24,27)/t20-/m0/s1. The number of aryl methyl sites for hydroxylation is 1. The van der Waals surface area contributed by atoms with Crippen molar-refractivity contribution in [2.75, 3.05) is 23.7 Å². The molecule has 170 valence electrons. The highest BCUT2D eigenvalue weighted by Crippen LogP contribution is 2.30. The minimum Gasteiger partial charge on any atom is -0.452 e. The van der Waals surface area contributed by atoms with E-state index in [-0.39, 0.29) is 11.3 Å². The number of amides is 1. The molecule has 1 aliphatic rings. The van der Waals surface area contributed by atoms with Gasteiger partial charge in [0.05, 0.1) is 23.5 Å². The molecule has 2 aromatic carbocycles. The molecule has 2 aromatic rings. The lowest BCUT2D eigenvalue weighted by atomic mass is 10.0. The quantitative estimate of drug-likeness (QED) is 0.605. The van der Waals surface area contributed by atoms with Gasteiger partial charge in [0, 0.05) is 6.54 Å². The van der Waals surface area contributed by atoms with Crippen molar-refractivity contribution in [2.24, 2.45) is 0 Å². The van der Waals surface area contributed by atoms with Crippen LogP contribution in [0.15, 0.2) is 48.5 Å². The van der Waals surface area contributed by atoms with E-state index in [1.165, 1.54) is 17.3 Å². The van der Waals surface area contributed by atoms with Gasteiger partial charge in [-0.25, -0.2) is 13.2 Å². The van der Waals surface area contributed by atoms with Crippen LogP contribution in [-0.4, -0.2) is 51.5 Å². The highest BCUT2D eigenvalue weighted by atomic mass is 32.2. The Hall–Kier alpha value is -3.20. The number of ether oxygens (including phenoxy) is 1. The number of hydrogen-bond acceptors (Lipinski definition) is 6. The second kappa shape index (κ2) is 9.95. The molecule has 0 saturated heterocycles. The molecule has 1 heterocycles. The molecule has 0 aliphatic carbocycles. The van der Waals surface area contributed by atoms with Crippen LogP contribution < -0.4 is 9.62 Å². The van der Waals surface area contributed by atoms with E-state index in [0.29, 0.717) is 31.5 Å². The van der Waals surface area contributed by atoms with Gasteiger partial charge >= 0.3 is 5.97 Å². The van der Waals surface area contributed by atoms with E-state index in [1.807, 2.05) is 30.3 Å². The SMILES string of the molecule is CC(=O)[C@H](Cc1ccccc1)NC(=O)COC(=O)c1ccc2c(c1)CCCN2S(C)(=O)=O. The number of benzene rings is 2. The zero-order chi connectivity index (χ0) is 23.3. The van der Waals surface area contributed by atoms with E-state index in [9.17, 15) is 22.8 Å². The smallest absolute Gasteiger partial charge is 0.338 e. The number of ketones is 1. The van der Waals surface area contributed by atoms with E-state index in [1.54, 1.807) is 12.1 Å². The van der Waals surface area contributed by atoms with Gasteiger partial charge in [0.1, 0.15) is 0 Å². The van der Waals surface area contributed by atoms with Crippen LogP contribution in [-0.2, 0) is 37.2 Å². The van der Waals surface area contributed by atoms with Crippen LogP contribution in [0, 0.1) is 0 Å². The van der Waals surface area contributed by atoms with E-state index >= 15 is 0 Å². The topological polar surface area (TPSA) is 110 Å². The third-order valence-corrected chi connectivity index (χ3v) is 6.41. The van der Waals surface area contributed by atoms with Gasteiger partial charge in [0.15, 0.2) is 12.4 Å². The first kappa shape index (κ1) is 23.5. The van der Waals surface area contributed by atoms with Crippen molar-refractivity contribution < 1.29 is 27.5 Å². The predicted molar refractivity (Wildman–Crippen MR) is 120 cm³/mol. The summed E-state index contributed by atoms with van der Waals surface area (Å²) in [4.78, 5) is 36.6. The Morgan fingerprint density at radius 3 is 2.50 bits per heavy atom. The molecule has 0 spiro atoms. The third-order valence-electron chi connectivity index (χ3n) is 5.23. The van der Waals surface area contributed by atoms with Gasteiger partial charge in [-0.15, -0.1) is 0 Å². The fourth-order valence-electron chi connectivity index (χ4n) is 3.63. The average molecular weight is 459 g/mol. The Bertz CT molecular complexity index is 1110. The number of hydrogen-bond donors (Lipinski definition) is 1. The Morgan fingerprint density at radius 1 is 1.12 bits per heavy atom. The number of Topliss-reactive ketones (excluding diaryl/α,β-unsaturated/α-hetero) is 1. The summed E-state index contributed by atoms with van der Waals surface area (Å²) in [5.41, 5.74) is 2.43. The molecule has 0 aromatic heterocycles. The monoisotopic (exact) mass is 458 g/mol. The summed E-state index contributed by atoms with van der Waals surface area (Å²) in [6.45, 7) is 1.27. The number of carbonyl (C=O) groups is 3. The van der Waals surface area contributed by atoms with Crippen LogP contribution in [0.2, 0.25) is 0 Å². The number of rotatable bonds is 8. The maximum atomic E-state index is 12.4. The van der Waals surface area contributed by atoms with Crippen molar-refractivity contribution in [3.63, 3.8) is 0 Å². The lowest BCUT2D eigenvalue weighted by Crippen LogP contribution is -2.43. The van der Waals surface area contributed by atoms with Crippen LogP contribution in [0.1, 0.15) is 34.8 Å². The molecule has 3 rings (SSSR count). The molecule has 0 unspecified atom stereocenters. The van der Waals surface area contributed by atoms with Crippen molar-refractivity contribution in [1.82, 2.24) is 5.32 Å². The molecule has 1 amide bonds. The van der Waals surface area contributed by atoms with Crippen LogP contribution in [0.25, 0.3) is 0 Å². The number of esters is 1. The molecule has 1 N–H and O–H groups in total. The van der Waals surface area contributed by atoms with Gasteiger partial charge in [-0.05, 0) is 55.5 Å². The van der Waals surface area contributed by atoms with Crippen LogP contribution in [0.4, 0.5) is 5.69 Å². The maximum absolute atomic E-state index is 12.4. The molecular formula is C23H26N2O6S. The van der Waals surface area contributed by atoms with Gasteiger partial charge in [0.2, 0.25) is 10.0 Å². The number of fused-ring (bicyclic) bond motifs is 1. The van der Waals surface area contributed by atoms with E-state index in [2.05, 4.69) is 5.32 Å². The summed E-state index contributed by atoms with van der Waals surface area (Å²) in [5, 5.41) is 2.61. The van der Waals surface area contributed by atoms with Gasteiger partial charge in [0.25, 0.3) is 5.91 Å². The lowest BCUT2D eigenvalue weighted by Gasteiger charge is -2.29.